The minimum absolute atomic E-state index is 0.0384. The first-order valence-corrected chi connectivity index (χ1v) is 10.9. The van der Waals surface area contributed by atoms with Crippen molar-refractivity contribution in [1.29, 1.82) is 0 Å². The molecule has 1 aromatic heterocycles. The molecule has 9 nitrogen and oxygen atoms in total. The van der Waals surface area contributed by atoms with Crippen molar-refractivity contribution < 1.29 is 37.1 Å². The highest BCUT2D eigenvalue weighted by Gasteiger charge is 2.70. The largest absolute Gasteiger partial charge is 0.501 e. The Labute approximate surface area is 204 Å². The number of nitrogens with zero attached hydrogens (tertiary/aromatic N) is 2. The Balaban J connectivity index is 1.69. The number of nitrogens with two attached hydrogens (primary N) is 1. The molecule has 11 heteroatoms. The van der Waals surface area contributed by atoms with Gasteiger partial charge in [-0.25, -0.2) is 18.4 Å². The summed E-state index contributed by atoms with van der Waals surface area (Å²) in [5, 5.41) is 0. The molecule has 2 heterocycles. The molecule has 4 unspecified atom stereocenters. The number of carbonyl (C=O) groups is 2. The molecule has 3 aromatic rings. The summed E-state index contributed by atoms with van der Waals surface area (Å²) in [6.45, 7) is -0.178. The second-order valence-corrected chi connectivity index (χ2v) is 8.49. The van der Waals surface area contributed by atoms with Gasteiger partial charge in [0.2, 0.25) is 18.0 Å². The smallest absolute Gasteiger partial charge is 0.456 e. The highest BCUT2D eigenvalue weighted by molar-refractivity contribution is 5.90. The number of ether oxygens (including phenoxy) is 3. The van der Waals surface area contributed by atoms with E-state index in [0.717, 1.165) is 22.3 Å². The molecular formula is C25H24F2N3O6+. The van der Waals surface area contributed by atoms with E-state index in [-0.39, 0.29) is 16.9 Å². The van der Waals surface area contributed by atoms with Gasteiger partial charge in [0.1, 0.15) is 6.20 Å². The van der Waals surface area contributed by atoms with Crippen molar-refractivity contribution in [3.05, 3.63) is 94.5 Å². The molecule has 36 heavy (non-hydrogen) atoms. The molecular weight excluding hydrogens is 476 g/mol. The van der Waals surface area contributed by atoms with Crippen LogP contribution in [0.2, 0.25) is 0 Å². The van der Waals surface area contributed by atoms with Gasteiger partial charge in [-0.05, 0) is 31.2 Å². The van der Waals surface area contributed by atoms with Gasteiger partial charge in [0, 0.05) is 6.07 Å². The Morgan fingerprint density at radius 1 is 1.03 bits per heavy atom. The fraction of sp³-hybridized carbons (Fsp3) is 0.280. The number of anilines is 1. The van der Waals surface area contributed by atoms with E-state index in [1.54, 1.807) is 36.4 Å². The molecule has 0 aliphatic carbocycles. The van der Waals surface area contributed by atoms with E-state index in [1.807, 2.05) is 0 Å². The van der Waals surface area contributed by atoms with Crippen molar-refractivity contribution in [2.45, 2.75) is 30.8 Å². The minimum atomic E-state index is -3.14. The monoisotopic (exact) mass is 500 g/mol. The summed E-state index contributed by atoms with van der Waals surface area (Å²) >= 11 is 0. The molecule has 0 radical (unpaired) electrons. The van der Waals surface area contributed by atoms with Crippen molar-refractivity contribution in [3.8, 4) is 0 Å². The lowest BCUT2D eigenvalue weighted by Crippen LogP contribution is -2.62. The molecule has 0 saturated carbocycles. The zero-order chi connectivity index (χ0) is 26.1. The Bertz CT molecular complexity index is 1330. The quantitative estimate of drug-likeness (QED) is 0.408. The summed E-state index contributed by atoms with van der Waals surface area (Å²) in [4.78, 5) is 37.9. The summed E-state index contributed by atoms with van der Waals surface area (Å²) in [5.41, 5.74) is 2.30. The van der Waals surface area contributed by atoms with E-state index in [1.165, 1.54) is 37.4 Å². The SMILES string of the molecule is Cn1c(N)cc[n+](C2OC(F)(COC(=O)c3ccccc3)C(OC(=O)c3ccccc3)C2(C)F)c1=O. The Kier molecular flexibility index (Phi) is 6.59. The van der Waals surface area contributed by atoms with Crippen LogP contribution in [0.15, 0.2) is 77.7 Å². The molecule has 1 saturated heterocycles. The number of hydrogen-bond acceptors (Lipinski definition) is 7. The van der Waals surface area contributed by atoms with E-state index < -0.39 is 48.1 Å². The first-order chi connectivity index (χ1) is 17.0. The first-order valence-electron chi connectivity index (χ1n) is 10.9. The fourth-order valence-corrected chi connectivity index (χ4v) is 3.92. The van der Waals surface area contributed by atoms with Gasteiger partial charge in [-0.2, -0.15) is 13.9 Å². The molecule has 4 rings (SSSR count). The minimum Gasteiger partial charge on any atom is -0.456 e. The van der Waals surface area contributed by atoms with Crippen LogP contribution in [0.25, 0.3) is 0 Å². The maximum absolute atomic E-state index is 16.3. The second kappa shape index (κ2) is 9.50. The fourth-order valence-electron chi connectivity index (χ4n) is 3.92. The molecule has 4 atom stereocenters. The maximum Gasteiger partial charge on any atom is 0.501 e. The standard InChI is InChI=1S/C25H23F2N3O6/c1-24(26)21(35-20(32)17-11-7-4-8-12-17)25(27,15-34-19(31)16-9-5-3-6-10-16)36-22(24)30-14-13-18(28)29(2)23(30)33/h3-14,21-22,28H,15H2,1-2H3/p+1. The van der Waals surface area contributed by atoms with Gasteiger partial charge in [-0.15, -0.1) is 0 Å². The van der Waals surface area contributed by atoms with Crippen LogP contribution in [0.1, 0.15) is 33.9 Å². The van der Waals surface area contributed by atoms with Crippen LogP contribution in [-0.4, -0.2) is 40.7 Å². The van der Waals surface area contributed by atoms with Gasteiger partial charge in [-0.3, -0.25) is 4.74 Å². The van der Waals surface area contributed by atoms with Crippen molar-refractivity contribution in [2.75, 3.05) is 12.3 Å². The first kappa shape index (κ1) is 25.0. The van der Waals surface area contributed by atoms with Crippen LogP contribution in [-0.2, 0) is 21.3 Å². The van der Waals surface area contributed by atoms with Crippen molar-refractivity contribution in [1.82, 2.24) is 4.57 Å². The van der Waals surface area contributed by atoms with Crippen LogP contribution in [0.4, 0.5) is 14.6 Å². The number of rotatable bonds is 6. The van der Waals surface area contributed by atoms with Crippen molar-refractivity contribution >= 4 is 17.8 Å². The molecule has 188 valence electrons. The zero-order valence-electron chi connectivity index (χ0n) is 19.5. The Morgan fingerprint density at radius 2 is 1.58 bits per heavy atom. The third-order valence-electron chi connectivity index (χ3n) is 5.89. The zero-order valence-corrected chi connectivity index (χ0v) is 19.5. The number of carbonyl (C=O) groups excluding carboxylic acids is 2. The molecule has 1 fully saturated rings. The molecule has 1 aliphatic rings. The number of esters is 2. The highest BCUT2D eigenvalue weighted by atomic mass is 19.2. The molecule has 2 aromatic carbocycles. The lowest BCUT2D eigenvalue weighted by molar-refractivity contribution is -0.787. The normalized spacial score (nSPS) is 25.3. The van der Waals surface area contributed by atoms with E-state index in [0.29, 0.717) is 0 Å². The van der Waals surface area contributed by atoms with Crippen LogP contribution >= 0.6 is 0 Å². The average Bonchev–Trinajstić information content (AvgIpc) is 3.07. The topological polar surface area (TPSA) is 114 Å². The summed E-state index contributed by atoms with van der Waals surface area (Å²) in [5.74, 6) is -4.99. The molecule has 1 aliphatic heterocycles. The van der Waals surface area contributed by atoms with Crippen LogP contribution in [0, 0.1) is 0 Å². The predicted molar refractivity (Wildman–Crippen MR) is 122 cm³/mol. The van der Waals surface area contributed by atoms with Crippen molar-refractivity contribution in [3.63, 3.8) is 0 Å². The van der Waals surface area contributed by atoms with E-state index >= 15 is 8.78 Å². The lowest BCUT2D eigenvalue weighted by atomic mass is 9.96. The van der Waals surface area contributed by atoms with E-state index in [2.05, 4.69) is 0 Å². The lowest BCUT2D eigenvalue weighted by Gasteiger charge is -2.28. The van der Waals surface area contributed by atoms with Gasteiger partial charge >= 0.3 is 17.6 Å². The second-order valence-electron chi connectivity index (χ2n) is 8.49. The predicted octanol–water partition coefficient (Wildman–Crippen LogP) is 2.26. The van der Waals surface area contributed by atoms with Crippen LogP contribution in [0.3, 0.4) is 0 Å². The number of nitrogen functional groups attached to an aromatic ring is 1. The number of hydrogen-bond donors (Lipinski definition) is 1. The molecule has 0 spiro atoms. The number of alkyl halides is 2. The maximum atomic E-state index is 16.3. The summed E-state index contributed by atoms with van der Waals surface area (Å²) in [6, 6.07) is 16.6. The summed E-state index contributed by atoms with van der Waals surface area (Å²) < 4.78 is 50.1. The van der Waals surface area contributed by atoms with Gasteiger partial charge in [-0.1, -0.05) is 36.4 Å². The van der Waals surface area contributed by atoms with Gasteiger partial charge in [0.25, 0.3) is 5.85 Å². The Morgan fingerprint density at radius 3 is 2.17 bits per heavy atom. The number of aromatic nitrogens is 2. The molecule has 0 bridgehead atoms. The number of benzene rings is 2. The highest BCUT2D eigenvalue weighted by Crippen LogP contribution is 2.47. The van der Waals surface area contributed by atoms with Crippen LogP contribution < -0.4 is 16.0 Å². The average molecular weight is 500 g/mol. The summed E-state index contributed by atoms with van der Waals surface area (Å²) in [6.07, 6.45) is -2.95. The number of halogens is 2. The van der Waals surface area contributed by atoms with Gasteiger partial charge < -0.3 is 15.2 Å². The molecule has 0 amide bonds. The van der Waals surface area contributed by atoms with Gasteiger partial charge in [0.15, 0.2) is 12.4 Å². The summed E-state index contributed by atoms with van der Waals surface area (Å²) in [7, 11) is 1.34. The van der Waals surface area contributed by atoms with Crippen LogP contribution in [0.5, 0.6) is 0 Å². The third kappa shape index (κ3) is 4.57. The van der Waals surface area contributed by atoms with E-state index in [9.17, 15) is 14.4 Å². The Hall–Kier alpha value is -4.12. The van der Waals surface area contributed by atoms with Gasteiger partial charge in [0.05, 0.1) is 18.2 Å². The third-order valence-corrected chi connectivity index (χ3v) is 5.89. The van der Waals surface area contributed by atoms with Crippen molar-refractivity contribution in [2.24, 2.45) is 7.05 Å². The van der Waals surface area contributed by atoms with E-state index in [4.69, 9.17) is 19.9 Å². The molecule has 2 N–H and O–H groups in total.